The molecule has 0 bridgehead atoms. The van der Waals surface area contributed by atoms with E-state index in [1.165, 1.54) is 28.4 Å². The number of rotatable bonds is 6. The summed E-state index contributed by atoms with van der Waals surface area (Å²) in [5.41, 5.74) is 4.55. The molecule has 214 valence electrons. The number of nitriles is 1. The number of ether oxygens (including phenoxy) is 1. The van der Waals surface area contributed by atoms with Gasteiger partial charge in [-0.15, -0.1) is 0 Å². The summed E-state index contributed by atoms with van der Waals surface area (Å²) in [6.07, 6.45) is 3.28. The lowest BCUT2D eigenvalue weighted by atomic mass is 9.99. The van der Waals surface area contributed by atoms with Gasteiger partial charge in [0, 0.05) is 48.9 Å². The van der Waals surface area contributed by atoms with Gasteiger partial charge in [-0.1, -0.05) is 30.3 Å². The SMILES string of the molecule is Cc1cccc2cccc(N3CCc4c(nc(OC[C@@H]5CCCN5C)nc4N4CCN(C(=O)Cl)C(CC#N)C4)C3)c12. The quantitative estimate of drug-likeness (QED) is 0.309. The van der Waals surface area contributed by atoms with Crippen LogP contribution in [0.5, 0.6) is 6.01 Å². The van der Waals surface area contributed by atoms with Gasteiger partial charge in [-0.3, -0.25) is 4.79 Å². The standard InChI is InChI=1S/C31H36ClN7O2/c1-21-6-3-7-22-8-4-10-27(28(21)22)37-15-12-25-26(19-37)34-31(41-20-24-9-5-14-36(24)2)35-29(25)38-16-17-39(30(32)40)23(18-38)11-13-33/h3-4,6-8,10,23-24H,5,9,11-12,14-20H2,1-2H3/t23?,24-/m0/s1. The maximum atomic E-state index is 12.0. The van der Waals surface area contributed by atoms with Crippen LogP contribution in [-0.2, 0) is 13.0 Å². The first-order chi connectivity index (χ1) is 19.9. The Morgan fingerprint density at radius 2 is 1.93 bits per heavy atom. The fourth-order valence-electron chi connectivity index (χ4n) is 6.61. The van der Waals surface area contributed by atoms with Gasteiger partial charge >= 0.3 is 11.4 Å². The van der Waals surface area contributed by atoms with E-state index in [1.807, 2.05) is 0 Å². The monoisotopic (exact) mass is 573 g/mol. The molecule has 2 fully saturated rings. The molecular formula is C31H36ClN7O2. The van der Waals surface area contributed by atoms with Crippen molar-refractivity contribution in [2.45, 2.75) is 51.2 Å². The third-order valence-corrected chi connectivity index (χ3v) is 9.08. The molecule has 2 aromatic carbocycles. The summed E-state index contributed by atoms with van der Waals surface area (Å²) in [6, 6.07) is 15.6. The average Bonchev–Trinajstić information content (AvgIpc) is 3.39. The Kier molecular flexibility index (Phi) is 7.87. The number of likely N-dealkylation sites (N-methyl/N-ethyl adjacent to an activating group) is 1. The Labute approximate surface area is 246 Å². The molecule has 0 aliphatic carbocycles. The van der Waals surface area contributed by atoms with Gasteiger partial charge in [-0.2, -0.15) is 15.2 Å². The van der Waals surface area contributed by atoms with Crippen molar-refractivity contribution in [3.8, 4) is 12.1 Å². The molecule has 0 saturated carbocycles. The minimum absolute atomic E-state index is 0.216. The molecule has 0 N–H and O–H groups in total. The predicted molar refractivity (Wildman–Crippen MR) is 161 cm³/mol. The maximum absolute atomic E-state index is 12.0. The Hall–Kier alpha value is -3.61. The largest absolute Gasteiger partial charge is 0.462 e. The van der Waals surface area contributed by atoms with Gasteiger partial charge in [0.15, 0.2) is 0 Å². The molecule has 6 rings (SSSR count). The third-order valence-electron chi connectivity index (χ3n) is 8.87. The molecule has 41 heavy (non-hydrogen) atoms. The highest BCUT2D eigenvalue weighted by Crippen LogP contribution is 2.36. The third kappa shape index (κ3) is 5.51. The Bertz CT molecular complexity index is 1490. The topological polar surface area (TPSA) is 88.8 Å². The van der Waals surface area contributed by atoms with Crippen LogP contribution in [0.25, 0.3) is 10.8 Å². The van der Waals surface area contributed by atoms with Crippen molar-refractivity contribution >= 4 is 39.2 Å². The second kappa shape index (κ2) is 11.7. The van der Waals surface area contributed by atoms with Crippen LogP contribution in [0, 0.1) is 18.3 Å². The van der Waals surface area contributed by atoms with Gasteiger partial charge in [-0.25, -0.2) is 0 Å². The van der Waals surface area contributed by atoms with E-state index in [9.17, 15) is 10.1 Å². The van der Waals surface area contributed by atoms with Crippen molar-refractivity contribution in [1.29, 1.82) is 5.26 Å². The van der Waals surface area contributed by atoms with Gasteiger partial charge in [-0.05, 0) is 68.4 Å². The summed E-state index contributed by atoms with van der Waals surface area (Å²) < 4.78 is 6.27. The number of anilines is 2. The van der Waals surface area contributed by atoms with Crippen molar-refractivity contribution in [3.63, 3.8) is 0 Å². The van der Waals surface area contributed by atoms with Crippen LogP contribution < -0.4 is 14.5 Å². The molecule has 3 aromatic rings. The zero-order valence-electron chi connectivity index (χ0n) is 23.7. The van der Waals surface area contributed by atoms with Gasteiger partial charge in [0.25, 0.3) is 0 Å². The molecule has 3 aliphatic heterocycles. The van der Waals surface area contributed by atoms with E-state index in [4.69, 9.17) is 26.3 Å². The number of carbonyl (C=O) groups excluding carboxylic acids is 1. The van der Waals surface area contributed by atoms with E-state index in [0.29, 0.717) is 44.8 Å². The lowest BCUT2D eigenvalue weighted by molar-refractivity contribution is 0.185. The van der Waals surface area contributed by atoms with Gasteiger partial charge < -0.3 is 24.3 Å². The molecule has 4 heterocycles. The minimum Gasteiger partial charge on any atom is -0.462 e. The summed E-state index contributed by atoms with van der Waals surface area (Å²) in [7, 11) is 2.14. The van der Waals surface area contributed by atoms with Crippen molar-refractivity contribution in [2.75, 3.05) is 56.2 Å². The molecule has 1 unspecified atom stereocenters. The maximum Gasteiger partial charge on any atom is 0.318 e. The number of nitrogens with zero attached hydrogens (tertiary/aromatic N) is 7. The van der Waals surface area contributed by atoms with Crippen LogP contribution in [0.15, 0.2) is 36.4 Å². The van der Waals surface area contributed by atoms with Crippen molar-refractivity contribution in [2.24, 2.45) is 0 Å². The van der Waals surface area contributed by atoms with E-state index in [2.05, 4.69) is 71.1 Å². The highest BCUT2D eigenvalue weighted by Gasteiger charge is 2.34. The molecule has 3 aliphatic rings. The number of benzene rings is 2. The lowest BCUT2D eigenvalue weighted by Crippen LogP contribution is -2.54. The number of likely N-dealkylation sites (tertiary alicyclic amines) is 1. The summed E-state index contributed by atoms with van der Waals surface area (Å²) in [4.78, 5) is 30.5. The van der Waals surface area contributed by atoms with E-state index >= 15 is 0 Å². The van der Waals surface area contributed by atoms with E-state index < -0.39 is 5.37 Å². The number of carbonyl (C=O) groups is 1. The van der Waals surface area contributed by atoms with Gasteiger partial charge in [0.1, 0.15) is 12.4 Å². The van der Waals surface area contributed by atoms with E-state index in [0.717, 1.165) is 43.0 Å². The van der Waals surface area contributed by atoms with Gasteiger partial charge in [0.2, 0.25) is 0 Å². The summed E-state index contributed by atoms with van der Waals surface area (Å²) in [5, 5.41) is 11.4. The Balaban J connectivity index is 1.34. The molecule has 2 saturated heterocycles. The number of aromatic nitrogens is 2. The average molecular weight is 574 g/mol. The minimum atomic E-state index is -0.514. The number of piperazine rings is 1. The van der Waals surface area contributed by atoms with Crippen molar-refractivity contribution in [1.82, 2.24) is 19.8 Å². The Morgan fingerprint density at radius 3 is 2.68 bits per heavy atom. The number of fused-ring (bicyclic) bond motifs is 2. The van der Waals surface area contributed by atoms with E-state index in [1.54, 1.807) is 4.90 Å². The summed E-state index contributed by atoms with van der Waals surface area (Å²) in [6.45, 7) is 6.80. The second-order valence-electron chi connectivity index (χ2n) is 11.4. The Morgan fingerprint density at radius 1 is 1.10 bits per heavy atom. The highest BCUT2D eigenvalue weighted by atomic mass is 35.5. The molecule has 1 amide bonds. The fourth-order valence-corrected chi connectivity index (χ4v) is 6.83. The molecule has 9 nitrogen and oxygen atoms in total. The van der Waals surface area contributed by atoms with Crippen molar-refractivity contribution in [3.05, 3.63) is 53.2 Å². The first-order valence-electron chi connectivity index (χ1n) is 14.5. The number of hydrogen-bond acceptors (Lipinski definition) is 8. The summed E-state index contributed by atoms with van der Waals surface area (Å²) in [5.74, 6) is 0.850. The lowest BCUT2D eigenvalue weighted by Gasteiger charge is -2.41. The van der Waals surface area contributed by atoms with Crippen LogP contribution in [-0.4, -0.2) is 83.6 Å². The zero-order chi connectivity index (χ0) is 28.5. The van der Waals surface area contributed by atoms with Crippen molar-refractivity contribution < 1.29 is 9.53 Å². The fraction of sp³-hybridized carbons (Fsp3) is 0.484. The highest BCUT2D eigenvalue weighted by molar-refractivity contribution is 6.62. The van der Waals surface area contributed by atoms with Gasteiger partial charge in [0.05, 0.1) is 30.8 Å². The smallest absolute Gasteiger partial charge is 0.318 e. The second-order valence-corrected chi connectivity index (χ2v) is 11.7. The number of amides is 1. The molecule has 0 spiro atoms. The normalized spacial score (nSPS) is 21.2. The van der Waals surface area contributed by atoms with Crippen LogP contribution >= 0.6 is 11.6 Å². The molecule has 2 atom stereocenters. The molecule has 0 radical (unpaired) electrons. The zero-order valence-corrected chi connectivity index (χ0v) is 24.5. The van der Waals surface area contributed by atoms with Crippen LogP contribution in [0.1, 0.15) is 36.1 Å². The molecule has 1 aromatic heterocycles. The molecule has 10 heteroatoms. The van der Waals surface area contributed by atoms with E-state index in [-0.39, 0.29) is 12.5 Å². The van der Waals surface area contributed by atoms with Crippen LogP contribution in [0.3, 0.4) is 0 Å². The number of hydrogen-bond donors (Lipinski definition) is 0. The number of aryl methyl sites for hydroxylation is 1. The number of halogens is 1. The molecular weight excluding hydrogens is 538 g/mol. The van der Waals surface area contributed by atoms with Crippen LogP contribution in [0.2, 0.25) is 0 Å². The predicted octanol–water partition coefficient (Wildman–Crippen LogP) is 4.74. The first-order valence-corrected chi connectivity index (χ1v) is 14.8. The summed E-state index contributed by atoms with van der Waals surface area (Å²) >= 11 is 5.87. The van der Waals surface area contributed by atoms with Crippen LogP contribution in [0.4, 0.5) is 16.3 Å². The first kappa shape index (κ1) is 27.6.